The van der Waals surface area contributed by atoms with E-state index in [2.05, 4.69) is 24.3 Å². The van der Waals surface area contributed by atoms with E-state index < -0.39 is 0 Å². The van der Waals surface area contributed by atoms with Crippen LogP contribution < -0.4 is 4.74 Å². The van der Waals surface area contributed by atoms with Gasteiger partial charge in [0.2, 0.25) is 0 Å². The van der Waals surface area contributed by atoms with Crippen molar-refractivity contribution >= 4 is 11.6 Å². The van der Waals surface area contributed by atoms with Crippen LogP contribution in [0, 0.1) is 0 Å². The van der Waals surface area contributed by atoms with Gasteiger partial charge in [0.25, 0.3) is 0 Å². The molecular weight excluding hydrogens is 272 g/mol. The van der Waals surface area contributed by atoms with Crippen LogP contribution in [0.2, 0.25) is 0 Å². The Hall–Kier alpha value is -1.51. The Labute approximate surface area is 123 Å². The van der Waals surface area contributed by atoms with Gasteiger partial charge in [-0.15, -0.1) is 11.6 Å². The maximum Gasteiger partial charge on any atom is 0.123 e. The first kappa shape index (κ1) is 12.2. The summed E-state index contributed by atoms with van der Waals surface area (Å²) in [5.41, 5.74) is 4.89. The highest BCUT2D eigenvalue weighted by molar-refractivity contribution is 6.21. The van der Waals surface area contributed by atoms with Gasteiger partial charge >= 0.3 is 0 Å². The van der Waals surface area contributed by atoms with Crippen LogP contribution in [0.3, 0.4) is 0 Å². The van der Waals surface area contributed by atoms with Crippen molar-refractivity contribution < 1.29 is 9.47 Å². The molecule has 0 aromatic heterocycles. The van der Waals surface area contributed by atoms with Gasteiger partial charge in [-0.3, -0.25) is 0 Å². The first-order valence-corrected chi connectivity index (χ1v) is 7.33. The van der Waals surface area contributed by atoms with Crippen LogP contribution in [-0.2, 0) is 24.4 Å². The van der Waals surface area contributed by atoms with Gasteiger partial charge in [0.05, 0.1) is 18.6 Å². The van der Waals surface area contributed by atoms with Gasteiger partial charge in [-0.25, -0.2) is 0 Å². The van der Waals surface area contributed by atoms with E-state index in [1.165, 1.54) is 16.7 Å². The molecule has 2 nitrogen and oxygen atoms in total. The standard InChI is InChI=1S/C17H15ClO2/c18-17(12-5-6-13-9-19-10-14(13)7-12)16-8-11-3-1-2-4-15(11)20-16/h1-7,16-17H,8-10H2. The Morgan fingerprint density at radius 3 is 2.75 bits per heavy atom. The molecule has 102 valence electrons. The van der Waals surface area contributed by atoms with Crippen molar-refractivity contribution in [2.75, 3.05) is 0 Å². The summed E-state index contributed by atoms with van der Waals surface area (Å²) in [5, 5.41) is -0.131. The van der Waals surface area contributed by atoms with Crippen molar-refractivity contribution in [3.8, 4) is 5.75 Å². The van der Waals surface area contributed by atoms with Crippen molar-refractivity contribution in [3.63, 3.8) is 0 Å². The second kappa shape index (κ2) is 4.80. The lowest BCUT2D eigenvalue weighted by Crippen LogP contribution is -2.19. The van der Waals surface area contributed by atoms with Crippen LogP contribution in [0.1, 0.15) is 27.6 Å². The van der Waals surface area contributed by atoms with E-state index in [9.17, 15) is 0 Å². The second-order valence-corrected chi connectivity index (χ2v) is 5.86. The molecule has 2 aromatic carbocycles. The highest BCUT2D eigenvalue weighted by Crippen LogP contribution is 2.38. The van der Waals surface area contributed by atoms with Crippen molar-refractivity contribution in [1.29, 1.82) is 0 Å². The van der Waals surface area contributed by atoms with E-state index in [-0.39, 0.29) is 11.5 Å². The first-order chi connectivity index (χ1) is 9.81. The molecule has 0 fully saturated rings. The summed E-state index contributed by atoms with van der Waals surface area (Å²) >= 11 is 6.64. The number of alkyl halides is 1. The molecule has 4 rings (SSSR count). The van der Waals surface area contributed by atoms with Crippen LogP contribution in [0.25, 0.3) is 0 Å². The van der Waals surface area contributed by atoms with E-state index in [4.69, 9.17) is 21.1 Å². The fourth-order valence-electron chi connectivity index (χ4n) is 2.95. The molecule has 0 N–H and O–H groups in total. The third-order valence-corrected chi connectivity index (χ3v) is 4.60. The topological polar surface area (TPSA) is 18.5 Å². The van der Waals surface area contributed by atoms with E-state index in [1.54, 1.807) is 0 Å². The normalized spacial score (nSPS) is 21.1. The van der Waals surface area contributed by atoms with Crippen molar-refractivity contribution in [2.24, 2.45) is 0 Å². The molecule has 0 amide bonds. The Bertz CT molecular complexity index is 628. The number of benzene rings is 2. The molecule has 2 atom stereocenters. The maximum absolute atomic E-state index is 6.64. The predicted octanol–water partition coefficient (Wildman–Crippen LogP) is 4.00. The molecule has 0 saturated carbocycles. The van der Waals surface area contributed by atoms with Gasteiger partial charge in [-0.05, 0) is 28.3 Å². The van der Waals surface area contributed by atoms with Gasteiger partial charge in [-0.1, -0.05) is 36.4 Å². The molecule has 0 bridgehead atoms. The summed E-state index contributed by atoms with van der Waals surface area (Å²) < 4.78 is 11.4. The third kappa shape index (κ3) is 2.00. The smallest absolute Gasteiger partial charge is 0.123 e. The number of hydrogen-bond acceptors (Lipinski definition) is 2. The molecular formula is C17H15ClO2. The molecule has 20 heavy (non-hydrogen) atoms. The number of halogens is 1. The zero-order valence-electron chi connectivity index (χ0n) is 11.0. The predicted molar refractivity (Wildman–Crippen MR) is 78.1 cm³/mol. The summed E-state index contributed by atoms with van der Waals surface area (Å²) in [6, 6.07) is 14.5. The average Bonchev–Trinajstić information content (AvgIpc) is 3.11. The highest BCUT2D eigenvalue weighted by atomic mass is 35.5. The Morgan fingerprint density at radius 1 is 1.00 bits per heavy atom. The summed E-state index contributed by atoms with van der Waals surface area (Å²) in [6.45, 7) is 1.41. The average molecular weight is 287 g/mol. The Morgan fingerprint density at radius 2 is 1.85 bits per heavy atom. The van der Waals surface area contributed by atoms with Crippen molar-refractivity contribution in [1.82, 2.24) is 0 Å². The van der Waals surface area contributed by atoms with E-state index in [0.717, 1.165) is 17.7 Å². The van der Waals surface area contributed by atoms with Gasteiger partial charge in [-0.2, -0.15) is 0 Å². The molecule has 0 aliphatic carbocycles. The minimum absolute atomic E-state index is 0.00874. The SMILES string of the molecule is ClC(c1ccc2c(c1)COC2)C1Cc2ccccc2O1. The van der Waals surface area contributed by atoms with Gasteiger partial charge in [0.15, 0.2) is 0 Å². The maximum atomic E-state index is 6.64. The third-order valence-electron chi connectivity index (χ3n) is 4.06. The second-order valence-electron chi connectivity index (χ2n) is 5.39. The molecule has 0 spiro atoms. The lowest BCUT2D eigenvalue weighted by molar-refractivity contribution is 0.134. The van der Waals surface area contributed by atoms with Crippen LogP contribution in [0.4, 0.5) is 0 Å². The van der Waals surface area contributed by atoms with E-state index in [0.29, 0.717) is 13.2 Å². The fraction of sp³-hybridized carbons (Fsp3) is 0.294. The summed E-state index contributed by atoms with van der Waals surface area (Å²) in [7, 11) is 0. The fourth-order valence-corrected chi connectivity index (χ4v) is 3.23. The monoisotopic (exact) mass is 286 g/mol. The minimum atomic E-state index is -0.131. The van der Waals surface area contributed by atoms with E-state index >= 15 is 0 Å². The Balaban J connectivity index is 1.58. The Kier molecular flexibility index (Phi) is 2.94. The molecule has 2 aliphatic rings. The number of hydrogen-bond donors (Lipinski definition) is 0. The zero-order chi connectivity index (χ0) is 13.5. The van der Waals surface area contributed by atoms with Crippen LogP contribution in [-0.4, -0.2) is 6.10 Å². The van der Waals surface area contributed by atoms with Gasteiger partial charge in [0, 0.05) is 6.42 Å². The first-order valence-electron chi connectivity index (χ1n) is 6.89. The molecule has 2 heterocycles. The largest absolute Gasteiger partial charge is 0.488 e. The number of para-hydroxylation sites is 1. The van der Waals surface area contributed by atoms with Gasteiger partial charge in [0.1, 0.15) is 11.9 Å². The highest BCUT2D eigenvalue weighted by Gasteiger charge is 2.30. The molecule has 2 aliphatic heterocycles. The number of ether oxygens (including phenoxy) is 2. The molecule has 2 unspecified atom stereocenters. The van der Waals surface area contributed by atoms with Crippen molar-refractivity contribution in [2.45, 2.75) is 31.1 Å². The molecule has 3 heteroatoms. The van der Waals surface area contributed by atoms with Crippen molar-refractivity contribution in [3.05, 3.63) is 64.7 Å². The summed E-state index contributed by atoms with van der Waals surface area (Å²) in [4.78, 5) is 0. The number of fused-ring (bicyclic) bond motifs is 2. The number of rotatable bonds is 2. The molecule has 0 saturated heterocycles. The lowest BCUT2D eigenvalue weighted by atomic mass is 9.99. The zero-order valence-corrected chi connectivity index (χ0v) is 11.8. The minimum Gasteiger partial charge on any atom is -0.488 e. The van der Waals surface area contributed by atoms with Crippen LogP contribution in [0.15, 0.2) is 42.5 Å². The molecule has 2 aromatic rings. The molecule has 0 radical (unpaired) electrons. The quantitative estimate of drug-likeness (QED) is 0.777. The van der Waals surface area contributed by atoms with Crippen LogP contribution >= 0.6 is 11.6 Å². The lowest BCUT2D eigenvalue weighted by Gasteiger charge is -2.18. The van der Waals surface area contributed by atoms with E-state index in [1.807, 2.05) is 18.2 Å². The van der Waals surface area contributed by atoms with Crippen LogP contribution in [0.5, 0.6) is 5.75 Å². The van der Waals surface area contributed by atoms with Gasteiger partial charge < -0.3 is 9.47 Å². The summed E-state index contributed by atoms with van der Waals surface area (Å²) in [6.07, 6.45) is 0.882. The summed E-state index contributed by atoms with van der Waals surface area (Å²) in [5.74, 6) is 0.965.